The van der Waals surface area contributed by atoms with Crippen LogP contribution in [0.1, 0.15) is 40.4 Å². The van der Waals surface area contributed by atoms with Crippen LogP contribution in [0.4, 0.5) is 0 Å². The molecule has 0 saturated heterocycles. The lowest BCUT2D eigenvalue weighted by Crippen LogP contribution is -2.14. The van der Waals surface area contributed by atoms with Gasteiger partial charge < -0.3 is 15.2 Å². The van der Waals surface area contributed by atoms with Gasteiger partial charge in [-0.25, -0.2) is 9.97 Å². The number of aromatic nitrogens is 3. The number of carbonyl (C=O) groups is 1. The average Bonchev–Trinajstić information content (AvgIpc) is 3.39. The van der Waals surface area contributed by atoms with Crippen molar-refractivity contribution < 1.29 is 14.3 Å². The number of fused-ring (bicyclic) bond motifs is 1. The SMILES string of the molecule is CN=C(/C=C\N)c1cc(C)nc2c(OCc3c(Cl)cncc3C(OC(C)=O)c3nccs3)cccc12. The van der Waals surface area contributed by atoms with E-state index in [0.717, 1.165) is 22.4 Å². The number of allylic oxidation sites excluding steroid dienone is 1. The number of esters is 1. The number of pyridine rings is 2. The highest BCUT2D eigenvalue weighted by Crippen LogP contribution is 2.34. The Morgan fingerprint density at radius 1 is 1.33 bits per heavy atom. The third kappa shape index (κ3) is 5.37. The summed E-state index contributed by atoms with van der Waals surface area (Å²) in [5.74, 6) is 0.130. The number of aryl methyl sites for hydroxylation is 1. The van der Waals surface area contributed by atoms with E-state index in [1.54, 1.807) is 25.5 Å². The highest BCUT2D eigenvalue weighted by atomic mass is 35.5. The lowest BCUT2D eigenvalue weighted by molar-refractivity contribution is -0.144. The smallest absolute Gasteiger partial charge is 0.303 e. The number of rotatable bonds is 8. The van der Waals surface area contributed by atoms with Crippen LogP contribution >= 0.6 is 22.9 Å². The zero-order valence-electron chi connectivity index (χ0n) is 19.9. The molecule has 4 rings (SSSR count). The zero-order chi connectivity index (χ0) is 25.7. The minimum Gasteiger partial charge on any atom is -0.487 e. The van der Waals surface area contributed by atoms with Gasteiger partial charge in [-0.2, -0.15) is 0 Å². The fraction of sp³-hybridized carbons (Fsp3) is 0.192. The first-order chi connectivity index (χ1) is 17.4. The van der Waals surface area contributed by atoms with Crippen molar-refractivity contribution >= 4 is 45.5 Å². The minimum atomic E-state index is -0.752. The molecule has 0 radical (unpaired) electrons. The summed E-state index contributed by atoms with van der Waals surface area (Å²) in [6, 6.07) is 7.66. The van der Waals surface area contributed by atoms with Gasteiger partial charge in [0.15, 0.2) is 6.10 Å². The monoisotopic (exact) mass is 521 g/mol. The van der Waals surface area contributed by atoms with Crippen LogP contribution < -0.4 is 10.5 Å². The van der Waals surface area contributed by atoms with E-state index in [2.05, 4.69) is 15.0 Å². The van der Waals surface area contributed by atoms with Crippen molar-refractivity contribution in [2.75, 3.05) is 7.05 Å². The molecule has 0 aliphatic rings. The predicted molar refractivity (Wildman–Crippen MR) is 142 cm³/mol. The lowest BCUT2D eigenvalue weighted by atomic mass is 10.0. The van der Waals surface area contributed by atoms with Crippen LogP contribution in [0, 0.1) is 6.92 Å². The Labute approximate surface area is 217 Å². The highest BCUT2D eigenvalue weighted by molar-refractivity contribution is 7.09. The lowest BCUT2D eigenvalue weighted by Gasteiger charge is -2.20. The summed E-state index contributed by atoms with van der Waals surface area (Å²) in [7, 11) is 1.71. The number of thiazole rings is 1. The molecule has 0 amide bonds. The second-order valence-corrected chi connectivity index (χ2v) is 9.10. The first-order valence-electron chi connectivity index (χ1n) is 11.0. The molecule has 36 heavy (non-hydrogen) atoms. The van der Waals surface area contributed by atoms with E-state index in [4.69, 9.17) is 31.8 Å². The third-order valence-electron chi connectivity index (χ3n) is 5.35. The van der Waals surface area contributed by atoms with E-state index in [1.165, 1.54) is 30.7 Å². The number of benzene rings is 1. The van der Waals surface area contributed by atoms with Crippen molar-refractivity contribution in [2.24, 2.45) is 10.7 Å². The summed E-state index contributed by atoms with van der Waals surface area (Å²) in [6.45, 7) is 3.36. The maximum atomic E-state index is 11.9. The zero-order valence-corrected chi connectivity index (χ0v) is 21.5. The second-order valence-electron chi connectivity index (χ2n) is 7.77. The Kier molecular flexibility index (Phi) is 7.92. The van der Waals surface area contributed by atoms with Gasteiger partial charge in [-0.1, -0.05) is 23.7 Å². The van der Waals surface area contributed by atoms with E-state index < -0.39 is 12.1 Å². The van der Waals surface area contributed by atoms with Gasteiger partial charge in [0, 0.05) is 65.7 Å². The molecule has 0 aliphatic heterocycles. The number of ether oxygens (including phenoxy) is 2. The number of nitrogens with two attached hydrogens (primary N) is 1. The average molecular weight is 522 g/mol. The first-order valence-corrected chi connectivity index (χ1v) is 12.3. The van der Waals surface area contributed by atoms with Crippen LogP contribution in [0.3, 0.4) is 0 Å². The molecular weight excluding hydrogens is 498 g/mol. The number of nitrogens with zero attached hydrogens (tertiary/aromatic N) is 4. The van der Waals surface area contributed by atoms with Gasteiger partial charge in [0.2, 0.25) is 0 Å². The number of hydrogen-bond donors (Lipinski definition) is 1. The molecule has 2 N–H and O–H groups in total. The molecule has 1 atom stereocenters. The van der Waals surface area contributed by atoms with Gasteiger partial charge in [-0.15, -0.1) is 11.3 Å². The van der Waals surface area contributed by atoms with Crippen molar-refractivity contribution in [3.05, 3.63) is 92.9 Å². The number of halogens is 1. The second kappa shape index (κ2) is 11.3. The van der Waals surface area contributed by atoms with E-state index >= 15 is 0 Å². The summed E-state index contributed by atoms with van der Waals surface area (Å²) >= 11 is 7.93. The van der Waals surface area contributed by atoms with Gasteiger partial charge >= 0.3 is 5.97 Å². The number of carbonyl (C=O) groups excluding carboxylic acids is 1. The fourth-order valence-electron chi connectivity index (χ4n) is 3.84. The molecule has 3 heterocycles. The molecule has 8 nitrogen and oxygen atoms in total. The van der Waals surface area contributed by atoms with Crippen LogP contribution in [0.5, 0.6) is 5.75 Å². The Morgan fingerprint density at radius 2 is 2.17 bits per heavy atom. The molecule has 0 saturated carbocycles. The van der Waals surface area contributed by atoms with Crippen LogP contribution in [0.15, 0.2) is 65.5 Å². The number of hydrogen-bond acceptors (Lipinski definition) is 9. The van der Waals surface area contributed by atoms with Gasteiger partial charge in [0.1, 0.15) is 22.9 Å². The standard InChI is InChI=1S/C26H24ClN5O3S/c1-15-11-18(22(29-3)7-8-28)17-5-4-6-23(24(17)32-15)34-14-20-19(12-30-13-21(20)27)25(35-16(2)33)26-31-9-10-36-26/h4-13,25H,14,28H2,1-3H3/b8-7-,29-22?. The molecular formula is C26H24ClN5O3S. The quantitative estimate of drug-likeness (QED) is 0.251. The van der Waals surface area contributed by atoms with Crippen LogP contribution in [0.25, 0.3) is 10.9 Å². The molecule has 4 aromatic rings. The molecule has 184 valence electrons. The summed E-state index contributed by atoms with van der Waals surface area (Å²) in [5.41, 5.74) is 9.99. The molecule has 10 heteroatoms. The van der Waals surface area contributed by atoms with E-state index in [9.17, 15) is 4.79 Å². The van der Waals surface area contributed by atoms with Crippen molar-refractivity contribution in [3.8, 4) is 5.75 Å². The molecule has 0 fully saturated rings. The van der Waals surface area contributed by atoms with Gasteiger partial charge in [0.25, 0.3) is 0 Å². The molecule has 1 unspecified atom stereocenters. The van der Waals surface area contributed by atoms with Gasteiger partial charge in [-0.3, -0.25) is 14.8 Å². The highest BCUT2D eigenvalue weighted by Gasteiger charge is 2.25. The normalized spacial score (nSPS) is 12.7. The Balaban J connectivity index is 1.75. The van der Waals surface area contributed by atoms with Crippen molar-refractivity contribution in [1.82, 2.24) is 15.0 Å². The Morgan fingerprint density at radius 3 is 2.86 bits per heavy atom. The number of aliphatic imine (C=N–C) groups is 1. The minimum absolute atomic E-state index is 0.0985. The molecule has 0 aliphatic carbocycles. The Hall–Kier alpha value is -3.82. The van der Waals surface area contributed by atoms with E-state index in [1.807, 2.05) is 36.6 Å². The van der Waals surface area contributed by atoms with Crippen LogP contribution in [-0.4, -0.2) is 33.7 Å². The Bertz CT molecular complexity index is 1450. The molecule has 3 aromatic heterocycles. The van der Waals surface area contributed by atoms with Crippen molar-refractivity contribution in [2.45, 2.75) is 26.6 Å². The summed E-state index contributed by atoms with van der Waals surface area (Å²) in [6.07, 6.45) is 7.26. The summed E-state index contributed by atoms with van der Waals surface area (Å²) in [5, 5.41) is 3.69. The molecule has 0 bridgehead atoms. The largest absolute Gasteiger partial charge is 0.487 e. The predicted octanol–water partition coefficient (Wildman–Crippen LogP) is 5.17. The van der Waals surface area contributed by atoms with Crippen LogP contribution in [-0.2, 0) is 16.1 Å². The fourth-order valence-corrected chi connectivity index (χ4v) is 4.74. The molecule has 1 aromatic carbocycles. The maximum Gasteiger partial charge on any atom is 0.303 e. The van der Waals surface area contributed by atoms with Crippen molar-refractivity contribution in [3.63, 3.8) is 0 Å². The van der Waals surface area contributed by atoms with E-state index in [-0.39, 0.29) is 6.61 Å². The topological polar surface area (TPSA) is 113 Å². The first kappa shape index (κ1) is 25.3. The third-order valence-corrected chi connectivity index (χ3v) is 6.50. The summed E-state index contributed by atoms with van der Waals surface area (Å²) < 4.78 is 11.9. The summed E-state index contributed by atoms with van der Waals surface area (Å²) in [4.78, 5) is 29.5. The number of para-hydroxylation sites is 1. The van der Waals surface area contributed by atoms with Crippen molar-refractivity contribution in [1.29, 1.82) is 0 Å². The van der Waals surface area contributed by atoms with Gasteiger partial charge in [0.05, 0.1) is 10.7 Å². The van der Waals surface area contributed by atoms with E-state index in [0.29, 0.717) is 32.4 Å². The van der Waals surface area contributed by atoms with Gasteiger partial charge in [-0.05, 0) is 31.3 Å². The van der Waals surface area contributed by atoms with Crippen LogP contribution in [0.2, 0.25) is 5.02 Å². The molecule has 0 spiro atoms. The maximum absolute atomic E-state index is 11.9.